The number of rotatable bonds is 2. The number of hydrogen-bond donors (Lipinski definition) is 1. The number of amides is 1. The fourth-order valence-corrected chi connectivity index (χ4v) is 1.75. The van der Waals surface area contributed by atoms with E-state index in [1.54, 1.807) is 21.8 Å². The lowest BCUT2D eigenvalue weighted by molar-refractivity contribution is -0.138. The van der Waals surface area contributed by atoms with Crippen LogP contribution in [0.2, 0.25) is 0 Å². The van der Waals surface area contributed by atoms with Crippen LogP contribution < -0.4 is 5.73 Å². The maximum absolute atomic E-state index is 11.9. The molecule has 1 aromatic rings. The molecule has 88 valence electrons. The highest BCUT2D eigenvalue weighted by Gasteiger charge is 2.21. The van der Waals surface area contributed by atoms with E-state index >= 15 is 0 Å². The molecule has 1 unspecified atom stereocenters. The first-order valence-electron chi connectivity index (χ1n) is 5.33. The zero-order chi connectivity index (χ0) is 11.5. The Morgan fingerprint density at radius 2 is 2.56 bits per heavy atom. The molecule has 2 heterocycles. The van der Waals surface area contributed by atoms with Crippen molar-refractivity contribution >= 4 is 11.7 Å². The second-order valence-electron chi connectivity index (χ2n) is 3.96. The lowest BCUT2D eigenvalue weighted by atomic mass is 10.3. The van der Waals surface area contributed by atoms with Crippen molar-refractivity contribution in [2.75, 3.05) is 25.4 Å². The van der Waals surface area contributed by atoms with Crippen LogP contribution in [0.5, 0.6) is 0 Å². The minimum Gasteiger partial charge on any atom is -0.382 e. The number of carbonyl (C=O) groups excluding carboxylic acids is 1. The van der Waals surface area contributed by atoms with Crippen LogP contribution in [0.4, 0.5) is 5.82 Å². The molecule has 0 radical (unpaired) electrons. The number of hydrogen-bond acceptors (Lipinski definition) is 4. The molecule has 0 saturated carbocycles. The fourth-order valence-electron chi connectivity index (χ4n) is 1.75. The summed E-state index contributed by atoms with van der Waals surface area (Å²) < 4.78 is 6.93. The van der Waals surface area contributed by atoms with Crippen molar-refractivity contribution in [2.45, 2.75) is 19.6 Å². The number of nitrogens with zero attached hydrogens (tertiary/aromatic N) is 3. The molecule has 2 rings (SSSR count). The number of ether oxygens (including phenoxy) is 1. The Hall–Kier alpha value is -1.56. The molecular formula is C10H16N4O2. The van der Waals surface area contributed by atoms with Crippen LogP contribution in [0.25, 0.3) is 0 Å². The first-order chi connectivity index (χ1) is 7.65. The SMILES string of the molecule is CC1CN(C(=O)Cn2ccc(N)n2)CCO1. The Morgan fingerprint density at radius 3 is 3.19 bits per heavy atom. The van der Waals surface area contributed by atoms with E-state index < -0.39 is 0 Å². The van der Waals surface area contributed by atoms with E-state index in [1.807, 2.05) is 6.92 Å². The summed E-state index contributed by atoms with van der Waals surface area (Å²) in [6, 6.07) is 1.68. The minimum absolute atomic E-state index is 0.0539. The first-order valence-corrected chi connectivity index (χ1v) is 5.33. The topological polar surface area (TPSA) is 73.4 Å². The molecule has 1 aliphatic rings. The number of morpholine rings is 1. The van der Waals surface area contributed by atoms with Gasteiger partial charge in [0.1, 0.15) is 12.4 Å². The van der Waals surface area contributed by atoms with Gasteiger partial charge in [-0.05, 0) is 13.0 Å². The summed E-state index contributed by atoms with van der Waals surface area (Å²) >= 11 is 0. The van der Waals surface area contributed by atoms with E-state index in [0.29, 0.717) is 25.5 Å². The van der Waals surface area contributed by atoms with Gasteiger partial charge in [0, 0.05) is 19.3 Å². The number of nitrogen functional groups attached to an aromatic ring is 1. The molecule has 1 saturated heterocycles. The summed E-state index contributed by atoms with van der Waals surface area (Å²) in [5.74, 6) is 0.487. The van der Waals surface area contributed by atoms with Gasteiger partial charge in [-0.15, -0.1) is 0 Å². The summed E-state index contributed by atoms with van der Waals surface area (Å²) in [5.41, 5.74) is 5.48. The zero-order valence-electron chi connectivity index (χ0n) is 9.30. The van der Waals surface area contributed by atoms with Crippen LogP contribution in [0.1, 0.15) is 6.92 Å². The van der Waals surface area contributed by atoms with Gasteiger partial charge >= 0.3 is 0 Å². The molecule has 0 aromatic carbocycles. The molecule has 0 spiro atoms. The van der Waals surface area contributed by atoms with Crippen LogP contribution in [0.3, 0.4) is 0 Å². The van der Waals surface area contributed by atoms with E-state index in [0.717, 1.165) is 0 Å². The highest BCUT2D eigenvalue weighted by atomic mass is 16.5. The first kappa shape index (κ1) is 10.9. The van der Waals surface area contributed by atoms with Crippen molar-refractivity contribution in [1.82, 2.24) is 14.7 Å². The monoisotopic (exact) mass is 224 g/mol. The smallest absolute Gasteiger partial charge is 0.244 e. The lowest BCUT2D eigenvalue weighted by Crippen LogP contribution is -2.45. The summed E-state index contributed by atoms with van der Waals surface area (Å²) in [5, 5.41) is 3.98. The maximum Gasteiger partial charge on any atom is 0.244 e. The second kappa shape index (κ2) is 4.52. The number of aromatic nitrogens is 2. The van der Waals surface area contributed by atoms with Gasteiger partial charge in [-0.1, -0.05) is 0 Å². The fraction of sp³-hybridized carbons (Fsp3) is 0.600. The molecule has 6 nitrogen and oxygen atoms in total. The summed E-state index contributed by atoms with van der Waals surface area (Å²) in [6.07, 6.45) is 1.82. The van der Waals surface area contributed by atoms with Gasteiger partial charge in [-0.3, -0.25) is 9.48 Å². The van der Waals surface area contributed by atoms with Gasteiger partial charge in [0.05, 0.1) is 12.7 Å². The predicted molar refractivity (Wildman–Crippen MR) is 58.6 cm³/mol. The molecule has 1 atom stereocenters. The van der Waals surface area contributed by atoms with Crippen molar-refractivity contribution in [2.24, 2.45) is 0 Å². The van der Waals surface area contributed by atoms with E-state index in [1.165, 1.54) is 0 Å². The molecule has 0 aliphatic carbocycles. The normalized spacial score (nSPS) is 21.1. The van der Waals surface area contributed by atoms with Gasteiger partial charge in [0.25, 0.3) is 0 Å². The van der Waals surface area contributed by atoms with Gasteiger partial charge < -0.3 is 15.4 Å². The Balaban J connectivity index is 1.92. The number of nitrogens with two attached hydrogens (primary N) is 1. The molecular weight excluding hydrogens is 208 g/mol. The number of anilines is 1. The van der Waals surface area contributed by atoms with Crippen molar-refractivity contribution in [1.29, 1.82) is 0 Å². The van der Waals surface area contributed by atoms with E-state index in [4.69, 9.17) is 10.5 Å². The van der Waals surface area contributed by atoms with Crippen LogP contribution in [-0.4, -0.2) is 46.4 Å². The molecule has 1 amide bonds. The molecule has 2 N–H and O–H groups in total. The molecule has 0 bridgehead atoms. The summed E-state index contributed by atoms with van der Waals surface area (Å²) in [7, 11) is 0. The highest BCUT2D eigenvalue weighted by molar-refractivity contribution is 5.76. The Labute approximate surface area is 94.0 Å². The van der Waals surface area contributed by atoms with Crippen LogP contribution in [0, 0.1) is 0 Å². The third kappa shape index (κ3) is 2.52. The Morgan fingerprint density at radius 1 is 1.75 bits per heavy atom. The standard InChI is InChI=1S/C10H16N4O2/c1-8-6-13(4-5-16-8)10(15)7-14-3-2-9(11)12-14/h2-3,8H,4-7H2,1H3,(H2,11,12). The quantitative estimate of drug-likeness (QED) is 0.749. The van der Waals surface area contributed by atoms with E-state index in [-0.39, 0.29) is 18.6 Å². The number of carbonyl (C=O) groups is 1. The summed E-state index contributed by atoms with van der Waals surface area (Å²) in [4.78, 5) is 13.7. The van der Waals surface area contributed by atoms with Gasteiger partial charge in [0.15, 0.2) is 0 Å². The van der Waals surface area contributed by atoms with E-state index in [9.17, 15) is 4.79 Å². The van der Waals surface area contributed by atoms with E-state index in [2.05, 4.69) is 5.10 Å². The highest BCUT2D eigenvalue weighted by Crippen LogP contribution is 2.06. The van der Waals surface area contributed by atoms with Crippen molar-refractivity contribution in [3.63, 3.8) is 0 Å². The second-order valence-corrected chi connectivity index (χ2v) is 3.96. The predicted octanol–water partition coefficient (Wildman–Crippen LogP) is -0.287. The van der Waals surface area contributed by atoms with Crippen LogP contribution in [0.15, 0.2) is 12.3 Å². The van der Waals surface area contributed by atoms with Gasteiger partial charge in [-0.25, -0.2) is 0 Å². The largest absolute Gasteiger partial charge is 0.382 e. The Bertz CT molecular complexity index is 377. The maximum atomic E-state index is 11.9. The van der Waals surface area contributed by atoms with Crippen molar-refractivity contribution in [3.8, 4) is 0 Å². The molecule has 1 fully saturated rings. The van der Waals surface area contributed by atoms with Crippen LogP contribution >= 0.6 is 0 Å². The molecule has 16 heavy (non-hydrogen) atoms. The average molecular weight is 224 g/mol. The average Bonchev–Trinajstić information content (AvgIpc) is 2.64. The van der Waals surface area contributed by atoms with Gasteiger partial charge in [0.2, 0.25) is 5.91 Å². The zero-order valence-corrected chi connectivity index (χ0v) is 9.30. The van der Waals surface area contributed by atoms with Crippen molar-refractivity contribution in [3.05, 3.63) is 12.3 Å². The van der Waals surface area contributed by atoms with Crippen LogP contribution in [-0.2, 0) is 16.1 Å². The van der Waals surface area contributed by atoms with Crippen molar-refractivity contribution < 1.29 is 9.53 Å². The summed E-state index contributed by atoms with van der Waals surface area (Å²) in [6.45, 7) is 4.11. The third-order valence-electron chi connectivity index (χ3n) is 2.55. The lowest BCUT2D eigenvalue weighted by Gasteiger charge is -2.31. The third-order valence-corrected chi connectivity index (χ3v) is 2.55. The minimum atomic E-state index is 0.0539. The Kier molecular flexibility index (Phi) is 3.09. The molecule has 1 aromatic heterocycles. The molecule has 1 aliphatic heterocycles. The molecule has 6 heteroatoms. The van der Waals surface area contributed by atoms with Gasteiger partial charge in [-0.2, -0.15) is 5.10 Å².